The van der Waals surface area contributed by atoms with Crippen molar-refractivity contribution in [1.29, 1.82) is 0 Å². The Morgan fingerprint density at radius 3 is 2.46 bits per heavy atom. The molecule has 122 valence electrons. The van der Waals surface area contributed by atoms with E-state index in [0.29, 0.717) is 0 Å². The molecule has 4 rings (SSSR count). The number of nitrogens with zero attached hydrogens (tertiary/aromatic N) is 3. The first-order valence-corrected chi connectivity index (χ1v) is 9.73. The summed E-state index contributed by atoms with van der Waals surface area (Å²) in [5, 5.41) is 0. The number of benzene rings is 1. The highest BCUT2D eigenvalue weighted by Crippen LogP contribution is 2.35. The van der Waals surface area contributed by atoms with Crippen molar-refractivity contribution in [3.05, 3.63) is 54.6 Å². The van der Waals surface area contributed by atoms with Gasteiger partial charge in [0.05, 0.1) is 11.4 Å². The molecule has 1 atom stereocenters. The molecule has 0 amide bonds. The Hall–Kier alpha value is -2.27. The predicted molar refractivity (Wildman–Crippen MR) is 96.2 cm³/mol. The summed E-state index contributed by atoms with van der Waals surface area (Å²) >= 11 is 0. The summed E-state index contributed by atoms with van der Waals surface area (Å²) in [6.45, 7) is 1.01. The summed E-state index contributed by atoms with van der Waals surface area (Å²) in [5.74, 6) is 1.16. The molecular weight excluding hydrogens is 318 g/mol. The lowest BCUT2D eigenvalue weighted by atomic mass is 10.1. The quantitative estimate of drug-likeness (QED) is 0.732. The SMILES string of the molecule is CS(=O)c1ccc(-c2nc3n(c2-c2ccncc2)CCCC3)cc1. The van der Waals surface area contributed by atoms with Gasteiger partial charge in [-0.1, -0.05) is 12.1 Å². The lowest BCUT2D eigenvalue weighted by Gasteiger charge is -2.16. The van der Waals surface area contributed by atoms with Crippen LogP contribution < -0.4 is 0 Å². The van der Waals surface area contributed by atoms with Gasteiger partial charge in [-0.2, -0.15) is 0 Å². The zero-order valence-corrected chi connectivity index (χ0v) is 14.4. The lowest BCUT2D eigenvalue weighted by molar-refractivity contribution is 0.526. The van der Waals surface area contributed by atoms with Crippen LogP contribution in [0.25, 0.3) is 22.5 Å². The standard InChI is InChI=1S/C19H19N3OS/c1-24(23)16-7-5-14(6-8-16)18-19(15-9-11-20-12-10-15)22-13-3-2-4-17(22)21-18/h5-12H,2-4,13H2,1H3. The molecule has 0 saturated carbocycles. The van der Waals surface area contributed by atoms with Gasteiger partial charge in [0.15, 0.2) is 0 Å². The van der Waals surface area contributed by atoms with Gasteiger partial charge in [0.1, 0.15) is 5.82 Å². The minimum atomic E-state index is -0.961. The highest BCUT2D eigenvalue weighted by atomic mass is 32.2. The van der Waals surface area contributed by atoms with Crippen molar-refractivity contribution >= 4 is 10.8 Å². The molecule has 0 saturated heterocycles. The van der Waals surface area contributed by atoms with Crippen molar-refractivity contribution in [1.82, 2.24) is 14.5 Å². The third kappa shape index (κ3) is 2.69. The minimum absolute atomic E-state index is 0.841. The van der Waals surface area contributed by atoms with Crippen molar-refractivity contribution in [3.63, 3.8) is 0 Å². The van der Waals surface area contributed by atoms with Crippen LogP contribution in [0, 0.1) is 0 Å². The van der Waals surface area contributed by atoms with Crippen LogP contribution in [0.4, 0.5) is 0 Å². The zero-order chi connectivity index (χ0) is 16.5. The molecule has 0 fully saturated rings. The number of hydrogen-bond acceptors (Lipinski definition) is 3. The highest BCUT2D eigenvalue weighted by Gasteiger charge is 2.21. The van der Waals surface area contributed by atoms with Crippen LogP contribution in [-0.2, 0) is 23.8 Å². The van der Waals surface area contributed by atoms with E-state index in [-0.39, 0.29) is 0 Å². The van der Waals surface area contributed by atoms with Crippen molar-refractivity contribution in [2.45, 2.75) is 30.7 Å². The number of imidazole rings is 1. The second-order valence-electron chi connectivity index (χ2n) is 6.05. The van der Waals surface area contributed by atoms with Gasteiger partial charge in [-0.3, -0.25) is 9.19 Å². The highest BCUT2D eigenvalue weighted by molar-refractivity contribution is 7.84. The summed E-state index contributed by atoms with van der Waals surface area (Å²) in [5.41, 5.74) is 4.38. The molecule has 0 spiro atoms. The summed E-state index contributed by atoms with van der Waals surface area (Å²) in [4.78, 5) is 9.92. The molecule has 2 aromatic heterocycles. The molecule has 0 radical (unpaired) electrons. The average Bonchev–Trinajstić information content (AvgIpc) is 3.02. The smallest absolute Gasteiger partial charge is 0.109 e. The number of hydrogen-bond donors (Lipinski definition) is 0. The van der Waals surface area contributed by atoms with E-state index < -0.39 is 10.8 Å². The molecule has 3 aromatic rings. The summed E-state index contributed by atoms with van der Waals surface area (Å²) in [6, 6.07) is 12.0. The second kappa shape index (κ2) is 6.32. The van der Waals surface area contributed by atoms with E-state index in [0.717, 1.165) is 46.2 Å². The van der Waals surface area contributed by atoms with Gasteiger partial charge in [-0.25, -0.2) is 4.98 Å². The maximum absolute atomic E-state index is 11.6. The number of pyridine rings is 1. The van der Waals surface area contributed by atoms with Gasteiger partial charge in [0.2, 0.25) is 0 Å². The van der Waals surface area contributed by atoms with Crippen LogP contribution in [0.2, 0.25) is 0 Å². The van der Waals surface area contributed by atoms with Crippen LogP contribution in [0.3, 0.4) is 0 Å². The van der Waals surface area contributed by atoms with E-state index >= 15 is 0 Å². The van der Waals surface area contributed by atoms with Gasteiger partial charge < -0.3 is 4.57 Å². The monoisotopic (exact) mass is 337 g/mol. The number of aromatic nitrogens is 3. The van der Waals surface area contributed by atoms with Gasteiger partial charge in [0, 0.05) is 58.4 Å². The third-order valence-corrected chi connectivity index (χ3v) is 5.43. The predicted octanol–water partition coefficient (Wildman–Crippen LogP) is 3.69. The molecule has 1 aliphatic heterocycles. The van der Waals surface area contributed by atoms with E-state index in [2.05, 4.69) is 9.55 Å². The Morgan fingerprint density at radius 1 is 1.00 bits per heavy atom. The van der Waals surface area contributed by atoms with Crippen LogP contribution in [0.5, 0.6) is 0 Å². The number of aryl methyl sites for hydroxylation is 1. The van der Waals surface area contributed by atoms with E-state index in [1.807, 2.05) is 48.8 Å². The first kappa shape index (κ1) is 15.3. The molecule has 0 N–H and O–H groups in total. The molecule has 0 bridgehead atoms. The van der Waals surface area contributed by atoms with Gasteiger partial charge in [0.25, 0.3) is 0 Å². The lowest BCUT2D eigenvalue weighted by Crippen LogP contribution is -2.11. The van der Waals surface area contributed by atoms with Crippen molar-refractivity contribution in [2.24, 2.45) is 0 Å². The van der Waals surface area contributed by atoms with Gasteiger partial charge in [-0.05, 0) is 37.1 Å². The maximum atomic E-state index is 11.6. The first-order valence-electron chi connectivity index (χ1n) is 8.18. The van der Waals surface area contributed by atoms with E-state index in [4.69, 9.17) is 4.98 Å². The molecule has 5 heteroatoms. The van der Waals surface area contributed by atoms with Crippen LogP contribution in [-0.4, -0.2) is 25.0 Å². The Balaban J connectivity index is 1.88. The molecule has 4 nitrogen and oxygen atoms in total. The fourth-order valence-corrected chi connectivity index (χ4v) is 3.81. The fraction of sp³-hybridized carbons (Fsp3) is 0.263. The molecule has 24 heavy (non-hydrogen) atoms. The topological polar surface area (TPSA) is 47.8 Å². The molecular formula is C19H19N3OS. The second-order valence-corrected chi connectivity index (χ2v) is 7.43. The molecule has 1 unspecified atom stereocenters. The summed E-state index contributed by atoms with van der Waals surface area (Å²) in [7, 11) is -0.961. The first-order chi connectivity index (χ1) is 11.7. The van der Waals surface area contributed by atoms with Crippen LogP contribution in [0.15, 0.2) is 53.7 Å². The number of fused-ring (bicyclic) bond motifs is 1. The summed E-state index contributed by atoms with van der Waals surface area (Å²) in [6.07, 6.45) is 8.76. The third-order valence-electron chi connectivity index (χ3n) is 4.49. The largest absolute Gasteiger partial charge is 0.327 e. The Kier molecular flexibility index (Phi) is 4.02. The van der Waals surface area contributed by atoms with Crippen LogP contribution >= 0.6 is 0 Å². The normalized spacial score (nSPS) is 15.0. The van der Waals surface area contributed by atoms with Crippen molar-refractivity contribution < 1.29 is 4.21 Å². The Morgan fingerprint density at radius 2 is 1.75 bits per heavy atom. The molecule has 3 heterocycles. The van der Waals surface area contributed by atoms with Gasteiger partial charge in [-0.15, -0.1) is 0 Å². The summed E-state index contributed by atoms with van der Waals surface area (Å²) < 4.78 is 14.0. The fourth-order valence-electron chi connectivity index (χ4n) is 3.29. The van der Waals surface area contributed by atoms with Crippen molar-refractivity contribution in [3.8, 4) is 22.5 Å². The Labute approximate surface area is 144 Å². The number of rotatable bonds is 3. The van der Waals surface area contributed by atoms with E-state index in [1.165, 1.54) is 12.8 Å². The maximum Gasteiger partial charge on any atom is 0.109 e. The average molecular weight is 337 g/mol. The minimum Gasteiger partial charge on any atom is -0.327 e. The zero-order valence-electron chi connectivity index (χ0n) is 13.6. The van der Waals surface area contributed by atoms with Gasteiger partial charge >= 0.3 is 0 Å². The van der Waals surface area contributed by atoms with Crippen LogP contribution in [0.1, 0.15) is 18.7 Å². The van der Waals surface area contributed by atoms with E-state index in [1.54, 1.807) is 6.26 Å². The molecule has 0 aliphatic carbocycles. The molecule has 1 aromatic carbocycles. The van der Waals surface area contributed by atoms with E-state index in [9.17, 15) is 4.21 Å². The van der Waals surface area contributed by atoms with Crippen molar-refractivity contribution in [2.75, 3.05) is 6.26 Å². The Bertz CT molecular complexity index is 885. The molecule has 1 aliphatic rings.